The van der Waals surface area contributed by atoms with Crippen molar-refractivity contribution in [3.8, 4) is 0 Å². The molecule has 0 aliphatic rings. The molecule has 0 aliphatic carbocycles. The summed E-state index contributed by atoms with van der Waals surface area (Å²) in [5.41, 5.74) is 1.76. The number of hydrogen-bond acceptors (Lipinski definition) is 3. The monoisotopic (exact) mass is 230 g/mol. The van der Waals surface area contributed by atoms with Crippen molar-refractivity contribution in [3.05, 3.63) is 59.5 Å². The maximum atomic E-state index is 11.8. The zero-order valence-corrected chi connectivity index (χ0v) is 9.68. The van der Waals surface area contributed by atoms with E-state index < -0.39 is 0 Å². The largest absolute Gasteiger partial charge is 0.467 e. The van der Waals surface area contributed by atoms with Crippen molar-refractivity contribution >= 4 is 5.78 Å². The topological polar surface area (TPSA) is 39.4 Å². The van der Waals surface area contributed by atoms with Gasteiger partial charge in [0, 0.05) is 5.56 Å². The van der Waals surface area contributed by atoms with Crippen LogP contribution < -0.4 is 0 Å². The van der Waals surface area contributed by atoms with E-state index >= 15 is 0 Å². The van der Waals surface area contributed by atoms with E-state index in [4.69, 9.17) is 9.15 Å². The van der Waals surface area contributed by atoms with Crippen LogP contribution in [0.15, 0.2) is 47.1 Å². The molecule has 1 heterocycles. The summed E-state index contributed by atoms with van der Waals surface area (Å²) in [5.74, 6) is 0.710. The number of Topliss-reactive ketones (excluding diaryl/α,β-unsaturated/α-hetero) is 1. The molecule has 3 nitrogen and oxygen atoms in total. The van der Waals surface area contributed by atoms with Crippen molar-refractivity contribution in [2.45, 2.75) is 13.5 Å². The van der Waals surface area contributed by atoms with E-state index in [0.29, 0.717) is 12.2 Å². The van der Waals surface area contributed by atoms with Gasteiger partial charge in [0.2, 0.25) is 0 Å². The summed E-state index contributed by atoms with van der Waals surface area (Å²) in [5, 5.41) is 0. The first-order valence-corrected chi connectivity index (χ1v) is 5.46. The summed E-state index contributed by atoms with van der Waals surface area (Å²) in [6.45, 7) is 2.36. The van der Waals surface area contributed by atoms with Crippen LogP contribution in [-0.4, -0.2) is 12.4 Å². The first kappa shape index (κ1) is 11.6. The fraction of sp³-hybridized carbons (Fsp3) is 0.214. The van der Waals surface area contributed by atoms with Crippen LogP contribution in [0, 0.1) is 6.92 Å². The van der Waals surface area contributed by atoms with E-state index in [9.17, 15) is 4.79 Å². The van der Waals surface area contributed by atoms with Crippen molar-refractivity contribution in [2.75, 3.05) is 6.61 Å². The summed E-state index contributed by atoms with van der Waals surface area (Å²) >= 11 is 0. The van der Waals surface area contributed by atoms with Gasteiger partial charge < -0.3 is 9.15 Å². The average Bonchev–Trinajstić information content (AvgIpc) is 2.82. The van der Waals surface area contributed by atoms with E-state index in [1.165, 1.54) is 0 Å². The molecule has 0 saturated carbocycles. The highest BCUT2D eigenvalue weighted by molar-refractivity contribution is 5.97. The van der Waals surface area contributed by atoms with E-state index in [1.54, 1.807) is 18.4 Å². The second-order valence-electron chi connectivity index (χ2n) is 3.86. The molecule has 0 saturated heterocycles. The van der Waals surface area contributed by atoms with Gasteiger partial charge >= 0.3 is 0 Å². The fourth-order valence-corrected chi connectivity index (χ4v) is 1.54. The fourth-order valence-electron chi connectivity index (χ4n) is 1.54. The molecule has 0 fully saturated rings. The summed E-state index contributed by atoms with van der Waals surface area (Å²) < 4.78 is 10.4. The smallest absolute Gasteiger partial charge is 0.188 e. The van der Waals surface area contributed by atoms with Crippen LogP contribution in [0.1, 0.15) is 21.7 Å². The second-order valence-corrected chi connectivity index (χ2v) is 3.86. The molecular weight excluding hydrogens is 216 g/mol. The van der Waals surface area contributed by atoms with E-state index in [1.807, 2.05) is 31.2 Å². The molecule has 1 aromatic heterocycles. The molecule has 2 rings (SSSR count). The average molecular weight is 230 g/mol. The molecular formula is C14H14O3. The summed E-state index contributed by atoms with van der Waals surface area (Å²) in [6.07, 6.45) is 1.58. The molecule has 1 aromatic carbocycles. The molecule has 0 radical (unpaired) electrons. The predicted octanol–water partition coefficient (Wildman–Crippen LogP) is 2.99. The van der Waals surface area contributed by atoms with Gasteiger partial charge in [-0.2, -0.15) is 0 Å². The summed E-state index contributed by atoms with van der Waals surface area (Å²) in [4.78, 5) is 11.8. The van der Waals surface area contributed by atoms with Crippen molar-refractivity contribution in [1.29, 1.82) is 0 Å². The van der Waals surface area contributed by atoms with Gasteiger partial charge in [0.1, 0.15) is 19.0 Å². The number of carbonyl (C=O) groups is 1. The summed E-state index contributed by atoms with van der Waals surface area (Å²) in [6, 6.07) is 11.1. The number of ketones is 1. The normalized spacial score (nSPS) is 10.4. The van der Waals surface area contributed by atoms with Crippen LogP contribution in [-0.2, 0) is 11.3 Å². The number of aryl methyl sites for hydroxylation is 1. The zero-order valence-electron chi connectivity index (χ0n) is 9.68. The number of ether oxygens (including phenoxy) is 1. The van der Waals surface area contributed by atoms with Gasteiger partial charge in [-0.25, -0.2) is 0 Å². The Kier molecular flexibility index (Phi) is 3.73. The number of furan rings is 1. The third-order valence-electron chi connectivity index (χ3n) is 2.40. The van der Waals surface area contributed by atoms with Crippen LogP contribution in [0.4, 0.5) is 0 Å². The van der Waals surface area contributed by atoms with Crippen LogP contribution in [0.3, 0.4) is 0 Å². The minimum atomic E-state index is -0.0137. The highest BCUT2D eigenvalue weighted by Gasteiger charge is 2.06. The van der Waals surface area contributed by atoms with Gasteiger partial charge in [0.05, 0.1) is 6.26 Å². The highest BCUT2D eigenvalue weighted by Crippen LogP contribution is 2.06. The lowest BCUT2D eigenvalue weighted by atomic mass is 10.1. The quantitative estimate of drug-likeness (QED) is 0.741. The van der Waals surface area contributed by atoms with Crippen LogP contribution in [0.5, 0.6) is 0 Å². The van der Waals surface area contributed by atoms with Crippen LogP contribution >= 0.6 is 0 Å². The van der Waals surface area contributed by atoms with Crippen molar-refractivity contribution in [1.82, 2.24) is 0 Å². The maximum absolute atomic E-state index is 11.8. The second kappa shape index (κ2) is 5.46. The maximum Gasteiger partial charge on any atom is 0.188 e. The Hall–Kier alpha value is -1.87. The number of hydrogen-bond donors (Lipinski definition) is 0. The molecule has 0 N–H and O–H groups in total. The van der Waals surface area contributed by atoms with Gasteiger partial charge in [-0.3, -0.25) is 4.79 Å². The van der Waals surface area contributed by atoms with Gasteiger partial charge in [0.15, 0.2) is 5.78 Å². The molecule has 17 heavy (non-hydrogen) atoms. The van der Waals surface area contributed by atoms with E-state index in [0.717, 1.165) is 11.3 Å². The Morgan fingerprint density at radius 2 is 2.18 bits per heavy atom. The first-order valence-electron chi connectivity index (χ1n) is 5.46. The Labute approximate surface area is 100 Å². The molecule has 2 aromatic rings. The van der Waals surface area contributed by atoms with Crippen molar-refractivity contribution in [3.63, 3.8) is 0 Å². The van der Waals surface area contributed by atoms with Gasteiger partial charge in [0.25, 0.3) is 0 Å². The Bertz CT molecular complexity index is 486. The van der Waals surface area contributed by atoms with E-state index in [-0.39, 0.29) is 12.4 Å². The molecule has 0 aliphatic heterocycles. The highest BCUT2D eigenvalue weighted by atomic mass is 16.5. The van der Waals surface area contributed by atoms with Crippen LogP contribution in [0.25, 0.3) is 0 Å². The van der Waals surface area contributed by atoms with Crippen molar-refractivity contribution < 1.29 is 13.9 Å². The van der Waals surface area contributed by atoms with E-state index in [2.05, 4.69) is 0 Å². The Balaban J connectivity index is 1.85. The third kappa shape index (κ3) is 3.29. The predicted molar refractivity (Wildman–Crippen MR) is 63.9 cm³/mol. The number of rotatable bonds is 5. The third-order valence-corrected chi connectivity index (χ3v) is 2.40. The molecule has 3 heteroatoms. The number of benzene rings is 1. The summed E-state index contributed by atoms with van der Waals surface area (Å²) in [7, 11) is 0. The van der Waals surface area contributed by atoms with Crippen molar-refractivity contribution in [2.24, 2.45) is 0 Å². The first-order chi connectivity index (χ1) is 8.25. The zero-order chi connectivity index (χ0) is 12.1. The minimum Gasteiger partial charge on any atom is -0.467 e. The molecule has 0 bridgehead atoms. The lowest BCUT2D eigenvalue weighted by molar-refractivity contribution is 0.0691. The molecule has 0 atom stereocenters. The minimum absolute atomic E-state index is 0.0137. The molecule has 0 spiro atoms. The lowest BCUT2D eigenvalue weighted by Crippen LogP contribution is -2.09. The van der Waals surface area contributed by atoms with Gasteiger partial charge in [-0.05, 0) is 25.1 Å². The lowest BCUT2D eigenvalue weighted by Gasteiger charge is -2.03. The number of carbonyl (C=O) groups excluding carboxylic acids is 1. The molecule has 0 unspecified atom stereocenters. The van der Waals surface area contributed by atoms with Crippen LogP contribution in [0.2, 0.25) is 0 Å². The Morgan fingerprint density at radius 1 is 1.29 bits per heavy atom. The molecule has 0 amide bonds. The standard InChI is InChI=1S/C14H14O3/c1-11-4-2-5-12(8-11)14(15)10-16-9-13-6-3-7-17-13/h2-8H,9-10H2,1H3. The molecule has 88 valence electrons. The van der Waals surface area contributed by atoms with Gasteiger partial charge in [-0.15, -0.1) is 0 Å². The Morgan fingerprint density at radius 3 is 2.88 bits per heavy atom. The van der Waals surface area contributed by atoms with Gasteiger partial charge in [-0.1, -0.05) is 23.8 Å². The SMILES string of the molecule is Cc1cccc(C(=O)COCc2ccco2)c1.